The van der Waals surface area contributed by atoms with Crippen molar-refractivity contribution < 1.29 is 14.6 Å². The Morgan fingerprint density at radius 3 is 2.71 bits per heavy atom. The Morgan fingerprint density at radius 2 is 2.05 bits per heavy atom. The van der Waals surface area contributed by atoms with E-state index in [4.69, 9.17) is 9.84 Å². The minimum atomic E-state index is -0.829. The van der Waals surface area contributed by atoms with Crippen LogP contribution in [0, 0.1) is 0 Å². The standard InChI is InChI=1S/C14H21N3O3S/c18-12(19)9-21-14-16-15-13(10-5-6-10)17(14)7-8-20-11-3-1-2-4-11/h10-11H,1-9H2,(H,18,19). The van der Waals surface area contributed by atoms with Crippen LogP contribution in [0.2, 0.25) is 0 Å². The molecule has 0 bridgehead atoms. The molecule has 1 aromatic heterocycles. The van der Waals surface area contributed by atoms with Crippen LogP contribution in [-0.4, -0.2) is 44.3 Å². The van der Waals surface area contributed by atoms with Crippen LogP contribution in [0.15, 0.2) is 5.16 Å². The number of carbonyl (C=O) groups is 1. The summed E-state index contributed by atoms with van der Waals surface area (Å²) < 4.78 is 7.97. The molecule has 0 spiro atoms. The summed E-state index contributed by atoms with van der Waals surface area (Å²) in [5, 5.41) is 17.9. The van der Waals surface area contributed by atoms with Gasteiger partial charge in [-0.1, -0.05) is 24.6 Å². The number of rotatable bonds is 8. The van der Waals surface area contributed by atoms with Crippen molar-refractivity contribution in [2.75, 3.05) is 12.4 Å². The van der Waals surface area contributed by atoms with Crippen LogP contribution in [0.1, 0.15) is 50.3 Å². The highest BCUT2D eigenvalue weighted by atomic mass is 32.2. The van der Waals surface area contributed by atoms with Gasteiger partial charge >= 0.3 is 5.97 Å². The molecule has 7 heteroatoms. The third kappa shape index (κ3) is 3.97. The van der Waals surface area contributed by atoms with Crippen LogP contribution in [-0.2, 0) is 16.1 Å². The first-order valence-electron chi connectivity index (χ1n) is 7.63. The van der Waals surface area contributed by atoms with E-state index in [-0.39, 0.29) is 5.75 Å². The normalized spacial score (nSPS) is 19.2. The van der Waals surface area contributed by atoms with Gasteiger partial charge < -0.3 is 14.4 Å². The predicted molar refractivity (Wildman–Crippen MR) is 78.6 cm³/mol. The molecule has 1 heterocycles. The van der Waals surface area contributed by atoms with Crippen LogP contribution in [0.3, 0.4) is 0 Å². The van der Waals surface area contributed by atoms with Gasteiger partial charge in [0.2, 0.25) is 0 Å². The molecule has 2 aliphatic rings. The summed E-state index contributed by atoms with van der Waals surface area (Å²) in [7, 11) is 0. The van der Waals surface area contributed by atoms with Gasteiger partial charge in [-0.25, -0.2) is 0 Å². The van der Waals surface area contributed by atoms with Gasteiger partial charge in [0.1, 0.15) is 5.82 Å². The average molecular weight is 311 g/mol. The molecule has 0 saturated heterocycles. The summed E-state index contributed by atoms with van der Waals surface area (Å²) >= 11 is 1.24. The van der Waals surface area contributed by atoms with Crippen molar-refractivity contribution in [3.8, 4) is 0 Å². The first-order valence-corrected chi connectivity index (χ1v) is 8.62. The highest BCUT2D eigenvalue weighted by molar-refractivity contribution is 7.99. The van der Waals surface area contributed by atoms with Gasteiger partial charge in [-0.15, -0.1) is 10.2 Å². The quantitative estimate of drug-likeness (QED) is 0.742. The van der Waals surface area contributed by atoms with Crippen molar-refractivity contribution in [1.29, 1.82) is 0 Å². The fourth-order valence-corrected chi connectivity index (χ4v) is 3.44. The number of thioether (sulfide) groups is 1. The van der Waals surface area contributed by atoms with Gasteiger partial charge in [0, 0.05) is 12.5 Å². The predicted octanol–water partition coefficient (Wildman–Crippen LogP) is 2.29. The van der Waals surface area contributed by atoms with E-state index in [1.54, 1.807) is 0 Å². The van der Waals surface area contributed by atoms with Gasteiger partial charge in [0.15, 0.2) is 5.16 Å². The van der Waals surface area contributed by atoms with Crippen molar-refractivity contribution in [2.24, 2.45) is 0 Å². The first kappa shape index (κ1) is 14.8. The molecule has 2 aliphatic carbocycles. The van der Waals surface area contributed by atoms with E-state index in [0.29, 0.717) is 23.8 Å². The molecule has 0 aliphatic heterocycles. The van der Waals surface area contributed by atoms with Crippen LogP contribution < -0.4 is 0 Å². The summed E-state index contributed by atoms with van der Waals surface area (Å²) in [5.41, 5.74) is 0. The topological polar surface area (TPSA) is 77.2 Å². The van der Waals surface area contributed by atoms with E-state index in [1.165, 1.54) is 24.6 Å². The third-order valence-electron chi connectivity index (χ3n) is 3.98. The number of aromatic nitrogens is 3. The number of aliphatic carboxylic acids is 1. The summed E-state index contributed by atoms with van der Waals surface area (Å²) in [6.07, 6.45) is 7.59. The Balaban J connectivity index is 1.59. The van der Waals surface area contributed by atoms with Crippen molar-refractivity contribution in [3.05, 3.63) is 5.82 Å². The summed E-state index contributed by atoms with van der Waals surface area (Å²) in [4.78, 5) is 10.7. The molecule has 3 rings (SSSR count). The van der Waals surface area contributed by atoms with Gasteiger partial charge in [-0.2, -0.15) is 0 Å². The van der Waals surface area contributed by atoms with E-state index < -0.39 is 5.97 Å². The van der Waals surface area contributed by atoms with Crippen molar-refractivity contribution >= 4 is 17.7 Å². The fourth-order valence-electron chi connectivity index (χ4n) is 2.75. The van der Waals surface area contributed by atoms with Crippen molar-refractivity contribution in [2.45, 2.75) is 62.2 Å². The largest absolute Gasteiger partial charge is 0.481 e. The highest BCUT2D eigenvalue weighted by Gasteiger charge is 2.30. The molecular formula is C14H21N3O3S. The zero-order chi connectivity index (χ0) is 14.7. The molecular weight excluding hydrogens is 290 g/mol. The maximum Gasteiger partial charge on any atom is 0.313 e. The van der Waals surface area contributed by atoms with E-state index in [2.05, 4.69) is 14.8 Å². The van der Waals surface area contributed by atoms with Gasteiger partial charge in [-0.3, -0.25) is 4.79 Å². The monoisotopic (exact) mass is 311 g/mol. The molecule has 116 valence electrons. The second-order valence-corrected chi connectivity index (χ2v) is 6.67. The van der Waals surface area contributed by atoms with E-state index >= 15 is 0 Å². The molecule has 2 saturated carbocycles. The lowest BCUT2D eigenvalue weighted by molar-refractivity contribution is -0.133. The van der Waals surface area contributed by atoms with E-state index in [0.717, 1.165) is 38.1 Å². The maximum absolute atomic E-state index is 10.7. The number of hydrogen-bond acceptors (Lipinski definition) is 5. The van der Waals surface area contributed by atoms with Crippen LogP contribution in [0.25, 0.3) is 0 Å². The Kier molecular flexibility index (Phi) is 4.80. The molecule has 21 heavy (non-hydrogen) atoms. The minimum absolute atomic E-state index is 0.0201. The minimum Gasteiger partial charge on any atom is -0.481 e. The molecule has 1 aromatic rings. The highest BCUT2D eigenvalue weighted by Crippen LogP contribution is 2.40. The number of ether oxygens (including phenoxy) is 1. The zero-order valence-corrected chi connectivity index (χ0v) is 12.8. The van der Waals surface area contributed by atoms with Crippen LogP contribution >= 0.6 is 11.8 Å². The Hall–Kier alpha value is -1.08. The molecule has 0 unspecified atom stereocenters. The van der Waals surface area contributed by atoms with Crippen molar-refractivity contribution in [3.63, 3.8) is 0 Å². The molecule has 1 N–H and O–H groups in total. The third-order valence-corrected chi connectivity index (χ3v) is 4.93. The summed E-state index contributed by atoms with van der Waals surface area (Å²) in [5.74, 6) is 0.692. The average Bonchev–Trinajstić information content (AvgIpc) is 3.02. The fraction of sp³-hybridized carbons (Fsp3) is 0.786. The van der Waals surface area contributed by atoms with E-state index in [1.807, 2.05) is 0 Å². The van der Waals surface area contributed by atoms with Crippen LogP contribution in [0.4, 0.5) is 0 Å². The first-order chi connectivity index (χ1) is 10.2. The van der Waals surface area contributed by atoms with Crippen molar-refractivity contribution in [1.82, 2.24) is 14.8 Å². The van der Waals surface area contributed by atoms with Gasteiger partial charge in [0.05, 0.1) is 18.5 Å². The number of carboxylic acid groups (broad SMARTS) is 1. The second-order valence-electron chi connectivity index (χ2n) is 5.73. The maximum atomic E-state index is 10.7. The number of nitrogens with zero attached hydrogens (tertiary/aromatic N) is 3. The summed E-state index contributed by atoms with van der Waals surface area (Å²) in [6.45, 7) is 1.38. The molecule has 6 nitrogen and oxygen atoms in total. The van der Waals surface area contributed by atoms with Gasteiger partial charge in [-0.05, 0) is 25.7 Å². The van der Waals surface area contributed by atoms with Crippen LogP contribution in [0.5, 0.6) is 0 Å². The molecule has 0 aromatic carbocycles. The molecule has 0 amide bonds. The lowest BCUT2D eigenvalue weighted by Crippen LogP contribution is -2.15. The SMILES string of the molecule is O=C(O)CSc1nnc(C2CC2)n1CCOC1CCCC1. The Morgan fingerprint density at radius 1 is 1.29 bits per heavy atom. The van der Waals surface area contributed by atoms with Gasteiger partial charge in [0.25, 0.3) is 0 Å². The molecule has 2 fully saturated rings. The molecule has 0 atom stereocenters. The van der Waals surface area contributed by atoms with E-state index in [9.17, 15) is 4.79 Å². The second kappa shape index (κ2) is 6.79. The molecule has 0 radical (unpaired) electrons. The number of carboxylic acids is 1. The summed E-state index contributed by atoms with van der Waals surface area (Å²) in [6, 6.07) is 0. The lowest BCUT2D eigenvalue weighted by Gasteiger charge is -2.13. The smallest absolute Gasteiger partial charge is 0.313 e. The Bertz CT molecular complexity index is 496. The number of hydrogen-bond donors (Lipinski definition) is 1. The zero-order valence-electron chi connectivity index (χ0n) is 12.0. The Labute approximate surface area is 128 Å². The lowest BCUT2D eigenvalue weighted by atomic mass is 10.3.